The second kappa shape index (κ2) is 7.28. The minimum atomic E-state index is 0.504. The topological polar surface area (TPSA) is 56.3 Å². The summed E-state index contributed by atoms with van der Waals surface area (Å²) in [6, 6.07) is 6.63. The summed E-state index contributed by atoms with van der Waals surface area (Å²) < 4.78 is 11.7. The van der Waals surface area contributed by atoms with Crippen molar-refractivity contribution < 1.29 is 9.47 Å². The third-order valence-electron chi connectivity index (χ3n) is 4.81. The molecule has 24 heavy (non-hydrogen) atoms. The molecule has 0 bridgehead atoms. The maximum Gasteiger partial charge on any atom is 0.137 e. The number of aromatic nitrogens is 2. The van der Waals surface area contributed by atoms with E-state index < -0.39 is 0 Å². The van der Waals surface area contributed by atoms with Crippen molar-refractivity contribution >= 4 is 0 Å². The Labute approximate surface area is 142 Å². The molecule has 1 saturated carbocycles. The van der Waals surface area contributed by atoms with E-state index in [9.17, 15) is 0 Å². The summed E-state index contributed by atoms with van der Waals surface area (Å²) >= 11 is 0. The largest absolute Gasteiger partial charge is 0.490 e. The lowest BCUT2D eigenvalue weighted by Gasteiger charge is -2.27. The van der Waals surface area contributed by atoms with Gasteiger partial charge in [0.15, 0.2) is 0 Å². The van der Waals surface area contributed by atoms with Crippen LogP contribution in [-0.4, -0.2) is 35.8 Å². The highest BCUT2D eigenvalue weighted by Crippen LogP contribution is 2.47. The zero-order valence-corrected chi connectivity index (χ0v) is 13.7. The number of ether oxygens (including phenoxy) is 2. The quantitative estimate of drug-likeness (QED) is 0.808. The van der Waals surface area contributed by atoms with Crippen LogP contribution in [0.15, 0.2) is 43.0 Å². The molecule has 1 saturated heterocycles. The second-order valence-corrected chi connectivity index (χ2v) is 6.68. The van der Waals surface area contributed by atoms with Gasteiger partial charge >= 0.3 is 0 Å². The Balaban J connectivity index is 1.23. The highest BCUT2D eigenvalue weighted by molar-refractivity contribution is 5.30. The third kappa shape index (κ3) is 3.91. The predicted octanol–water partition coefficient (Wildman–Crippen LogP) is 2.54. The molecule has 0 spiro atoms. The molecule has 1 aliphatic heterocycles. The Hall–Kier alpha value is -1.98. The van der Waals surface area contributed by atoms with Crippen LogP contribution in [0.25, 0.3) is 0 Å². The summed E-state index contributed by atoms with van der Waals surface area (Å²) in [5, 5.41) is 3.34. The lowest BCUT2D eigenvalue weighted by molar-refractivity contribution is 0.110. The molecule has 3 heterocycles. The van der Waals surface area contributed by atoms with Gasteiger partial charge in [0.05, 0.1) is 19.4 Å². The lowest BCUT2D eigenvalue weighted by Crippen LogP contribution is -2.46. The molecule has 0 aromatic carbocycles. The molecule has 4 rings (SSSR count). The minimum Gasteiger partial charge on any atom is -0.490 e. The molecular formula is C19H23N3O2. The first-order valence-electron chi connectivity index (χ1n) is 8.66. The van der Waals surface area contributed by atoms with Gasteiger partial charge in [-0.2, -0.15) is 0 Å². The van der Waals surface area contributed by atoms with Crippen molar-refractivity contribution in [3.63, 3.8) is 0 Å². The van der Waals surface area contributed by atoms with Gasteiger partial charge in [0.2, 0.25) is 0 Å². The molecule has 2 aliphatic rings. The number of rotatable bonds is 8. The zero-order valence-electron chi connectivity index (χ0n) is 13.7. The standard InChI is InChI=1S/C19H23N3O2/c1-4-20-5-2-14(1)11-23-12-16-8-19(16)15-7-18(10-21-9-15)24-13-17-3-6-22-17/h1-2,4-5,7,9-10,16-17,19,22H,3,6,8,11-13H2/t16-,17-,19+/m0/s1. The van der Waals surface area contributed by atoms with E-state index >= 15 is 0 Å². The molecule has 0 unspecified atom stereocenters. The predicted molar refractivity (Wildman–Crippen MR) is 90.9 cm³/mol. The van der Waals surface area contributed by atoms with Gasteiger partial charge in [0, 0.05) is 24.6 Å². The molecule has 5 nitrogen and oxygen atoms in total. The Morgan fingerprint density at radius 3 is 2.79 bits per heavy atom. The third-order valence-corrected chi connectivity index (χ3v) is 4.81. The van der Waals surface area contributed by atoms with E-state index in [0.29, 0.717) is 24.5 Å². The van der Waals surface area contributed by atoms with Crippen molar-refractivity contribution in [2.75, 3.05) is 19.8 Å². The molecule has 3 atom stereocenters. The van der Waals surface area contributed by atoms with Crippen LogP contribution in [0.2, 0.25) is 0 Å². The van der Waals surface area contributed by atoms with Crippen LogP contribution in [-0.2, 0) is 11.3 Å². The fourth-order valence-electron chi connectivity index (χ4n) is 3.05. The van der Waals surface area contributed by atoms with Gasteiger partial charge in [-0.3, -0.25) is 9.97 Å². The van der Waals surface area contributed by atoms with E-state index in [-0.39, 0.29) is 0 Å². The van der Waals surface area contributed by atoms with Gasteiger partial charge in [-0.1, -0.05) is 0 Å². The molecule has 2 aromatic heterocycles. The molecular weight excluding hydrogens is 302 g/mol. The molecule has 126 valence electrons. The maximum absolute atomic E-state index is 5.84. The van der Waals surface area contributed by atoms with Crippen molar-refractivity contribution in [1.29, 1.82) is 0 Å². The molecule has 1 N–H and O–H groups in total. The SMILES string of the molecule is c1cc(COC[C@@H]2C[C@@H]2c2cncc(OC[C@@H]3CCN3)c2)ccn1. The van der Waals surface area contributed by atoms with Crippen LogP contribution >= 0.6 is 0 Å². The van der Waals surface area contributed by atoms with Crippen molar-refractivity contribution in [2.45, 2.75) is 31.4 Å². The van der Waals surface area contributed by atoms with E-state index in [0.717, 1.165) is 25.5 Å². The molecule has 2 fully saturated rings. The Bertz CT molecular complexity index is 661. The highest BCUT2D eigenvalue weighted by Gasteiger charge is 2.38. The Morgan fingerprint density at radius 2 is 2.00 bits per heavy atom. The second-order valence-electron chi connectivity index (χ2n) is 6.68. The Kier molecular flexibility index (Phi) is 4.71. The van der Waals surface area contributed by atoms with Crippen LogP contribution in [0, 0.1) is 5.92 Å². The fourth-order valence-corrected chi connectivity index (χ4v) is 3.05. The molecule has 1 aliphatic carbocycles. The van der Waals surface area contributed by atoms with Crippen molar-refractivity contribution in [2.24, 2.45) is 5.92 Å². The molecule has 2 aromatic rings. The zero-order chi connectivity index (χ0) is 16.2. The van der Waals surface area contributed by atoms with Crippen molar-refractivity contribution in [3.05, 3.63) is 54.1 Å². The smallest absolute Gasteiger partial charge is 0.137 e. The maximum atomic E-state index is 5.84. The van der Waals surface area contributed by atoms with Crippen LogP contribution in [0.1, 0.15) is 29.9 Å². The van der Waals surface area contributed by atoms with Crippen molar-refractivity contribution in [3.8, 4) is 5.75 Å². The van der Waals surface area contributed by atoms with Crippen LogP contribution in [0.3, 0.4) is 0 Å². The normalized spacial score (nSPS) is 25.1. The number of hydrogen-bond acceptors (Lipinski definition) is 5. The van der Waals surface area contributed by atoms with Gasteiger partial charge in [-0.15, -0.1) is 0 Å². The number of nitrogens with one attached hydrogen (secondary N) is 1. The van der Waals surface area contributed by atoms with Gasteiger partial charge < -0.3 is 14.8 Å². The first-order valence-corrected chi connectivity index (χ1v) is 8.66. The highest BCUT2D eigenvalue weighted by atomic mass is 16.5. The van der Waals surface area contributed by atoms with E-state index in [1.807, 2.05) is 18.3 Å². The van der Waals surface area contributed by atoms with E-state index in [2.05, 4.69) is 21.4 Å². The molecule has 5 heteroatoms. The van der Waals surface area contributed by atoms with Gasteiger partial charge in [-0.25, -0.2) is 0 Å². The van der Waals surface area contributed by atoms with Crippen LogP contribution < -0.4 is 10.1 Å². The first kappa shape index (κ1) is 15.5. The monoisotopic (exact) mass is 325 g/mol. The summed E-state index contributed by atoms with van der Waals surface area (Å²) in [6.07, 6.45) is 9.74. The fraction of sp³-hybridized carbons (Fsp3) is 0.474. The van der Waals surface area contributed by atoms with E-state index in [4.69, 9.17) is 9.47 Å². The van der Waals surface area contributed by atoms with Crippen LogP contribution in [0.5, 0.6) is 5.75 Å². The van der Waals surface area contributed by atoms with E-state index in [1.165, 1.54) is 24.0 Å². The van der Waals surface area contributed by atoms with Crippen LogP contribution in [0.4, 0.5) is 0 Å². The average molecular weight is 325 g/mol. The van der Waals surface area contributed by atoms with Gasteiger partial charge in [0.25, 0.3) is 0 Å². The molecule has 0 amide bonds. The van der Waals surface area contributed by atoms with Gasteiger partial charge in [0.1, 0.15) is 12.4 Å². The number of pyridine rings is 2. The minimum absolute atomic E-state index is 0.504. The number of hydrogen-bond donors (Lipinski definition) is 1. The van der Waals surface area contributed by atoms with Gasteiger partial charge in [-0.05, 0) is 60.5 Å². The lowest BCUT2D eigenvalue weighted by atomic mass is 10.1. The Morgan fingerprint density at radius 1 is 1.12 bits per heavy atom. The summed E-state index contributed by atoms with van der Waals surface area (Å²) in [7, 11) is 0. The average Bonchev–Trinajstić information content (AvgIpc) is 3.34. The molecule has 0 radical (unpaired) electrons. The number of nitrogens with zero attached hydrogens (tertiary/aromatic N) is 2. The first-order chi connectivity index (χ1) is 11.9. The summed E-state index contributed by atoms with van der Waals surface area (Å²) in [5.74, 6) is 2.03. The summed E-state index contributed by atoms with van der Waals surface area (Å²) in [5.41, 5.74) is 2.44. The van der Waals surface area contributed by atoms with E-state index in [1.54, 1.807) is 18.6 Å². The summed E-state index contributed by atoms with van der Waals surface area (Å²) in [6.45, 7) is 3.29. The van der Waals surface area contributed by atoms with Crippen molar-refractivity contribution in [1.82, 2.24) is 15.3 Å². The summed E-state index contributed by atoms with van der Waals surface area (Å²) in [4.78, 5) is 8.35.